The summed E-state index contributed by atoms with van der Waals surface area (Å²) in [4.78, 5) is 33.6. The third kappa shape index (κ3) is 5.17. The van der Waals surface area contributed by atoms with E-state index in [1.165, 1.54) is 47.6 Å². The third-order valence-electron chi connectivity index (χ3n) is 6.31. The summed E-state index contributed by atoms with van der Waals surface area (Å²) >= 11 is 0. The number of aryl methyl sites for hydroxylation is 1. The highest BCUT2D eigenvalue weighted by atomic mass is 32.2. The number of fused-ring (bicyclic) bond motifs is 1. The van der Waals surface area contributed by atoms with Crippen molar-refractivity contribution >= 4 is 45.1 Å². The fourth-order valence-corrected chi connectivity index (χ4v) is 4.94. The number of nitrogens with zero attached hydrogens (tertiary/aromatic N) is 6. The maximum atomic E-state index is 13.4. The molecule has 1 unspecified atom stereocenters. The maximum absolute atomic E-state index is 13.4. The molecule has 11 nitrogen and oxygen atoms in total. The number of carbonyl (C=O) groups excluding carboxylic acids is 1. The fourth-order valence-electron chi connectivity index (χ4n) is 4.27. The minimum absolute atomic E-state index is 0.0638. The Bertz CT molecular complexity index is 1940. The molecule has 0 saturated carbocycles. The van der Waals surface area contributed by atoms with Gasteiger partial charge in [-0.15, -0.1) is 0 Å². The van der Waals surface area contributed by atoms with E-state index in [1.54, 1.807) is 24.7 Å². The SMILES string of the molecule is Cc1ccc(NC(=O)c2cc(S(C)=O)n(-c3ccc(F)cc3)n2)cc1Nc1ncccc1-c1ncnc2nc[nH]c12. The Morgan fingerprint density at radius 1 is 1.02 bits per heavy atom. The van der Waals surface area contributed by atoms with Crippen molar-refractivity contribution in [3.05, 3.63) is 96.6 Å². The zero-order valence-corrected chi connectivity index (χ0v) is 22.6. The number of amides is 1. The van der Waals surface area contributed by atoms with E-state index in [9.17, 15) is 13.4 Å². The first kappa shape index (κ1) is 26.0. The quantitative estimate of drug-likeness (QED) is 0.250. The predicted octanol–water partition coefficient (Wildman–Crippen LogP) is 4.78. The second-order valence-electron chi connectivity index (χ2n) is 9.04. The average molecular weight is 568 g/mol. The summed E-state index contributed by atoms with van der Waals surface area (Å²) < 4.78 is 27.2. The van der Waals surface area contributed by atoms with Crippen LogP contribution in [0, 0.1) is 12.7 Å². The summed E-state index contributed by atoms with van der Waals surface area (Å²) in [5.41, 5.74) is 5.30. The molecule has 6 rings (SSSR count). The van der Waals surface area contributed by atoms with E-state index in [2.05, 4.69) is 40.7 Å². The Balaban J connectivity index is 1.28. The molecule has 0 radical (unpaired) electrons. The molecule has 2 aromatic carbocycles. The number of imidazole rings is 1. The van der Waals surface area contributed by atoms with Gasteiger partial charge >= 0.3 is 0 Å². The minimum Gasteiger partial charge on any atom is -0.341 e. The topological polar surface area (TPSA) is 143 Å². The van der Waals surface area contributed by atoms with Crippen molar-refractivity contribution < 1.29 is 13.4 Å². The van der Waals surface area contributed by atoms with Crippen molar-refractivity contribution in [3.63, 3.8) is 0 Å². The molecule has 0 aliphatic carbocycles. The van der Waals surface area contributed by atoms with Crippen molar-refractivity contribution in [2.24, 2.45) is 0 Å². The molecule has 0 saturated heterocycles. The van der Waals surface area contributed by atoms with E-state index < -0.39 is 22.5 Å². The number of benzene rings is 2. The third-order valence-corrected chi connectivity index (χ3v) is 7.19. The Morgan fingerprint density at radius 2 is 1.85 bits per heavy atom. The van der Waals surface area contributed by atoms with E-state index in [0.29, 0.717) is 44.8 Å². The number of nitrogens with one attached hydrogen (secondary N) is 3. The number of aromatic nitrogens is 7. The van der Waals surface area contributed by atoms with Crippen LogP contribution in [-0.4, -0.2) is 51.1 Å². The molecule has 0 aliphatic heterocycles. The van der Waals surface area contributed by atoms with Crippen LogP contribution in [0.5, 0.6) is 0 Å². The summed E-state index contributed by atoms with van der Waals surface area (Å²) in [6.45, 7) is 1.93. The van der Waals surface area contributed by atoms with Crippen LogP contribution in [0.1, 0.15) is 16.1 Å². The lowest BCUT2D eigenvalue weighted by molar-refractivity contribution is 0.102. The first-order valence-electron chi connectivity index (χ1n) is 12.4. The van der Waals surface area contributed by atoms with Gasteiger partial charge in [-0.1, -0.05) is 6.07 Å². The molecule has 4 aromatic heterocycles. The summed E-state index contributed by atoms with van der Waals surface area (Å²) in [6, 6.07) is 16.1. The van der Waals surface area contributed by atoms with E-state index in [4.69, 9.17) is 0 Å². The molecule has 1 amide bonds. The van der Waals surface area contributed by atoms with Gasteiger partial charge in [-0.3, -0.25) is 9.00 Å². The van der Waals surface area contributed by atoms with Crippen LogP contribution in [-0.2, 0) is 10.8 Å². The number of halogens is 1. The van der Waals surface area contributed by atoms with Gasteiger partial charge in [-0.25, -0.2) is 29.0 Å². The molecule has 0 aliphatic rings. The van der Waals surface area contributed by atoms with Gasteiger partial charge in [-0.2, -0.15) is 5.10 Å². The lowest BCUT2D eigenvalue weighted by atomic mass is 10.1. The number of pyridine rings is 1. The van der Waals surface area contributed by atoms with Gasteiger partial charge in [0.15, 0.2) is 11.3 Å². The van der Waals surface area contributed by atoms with E-state index >= 15 is 0 Å². The predicted molar refractivity (Wildman–Crippen MR) is 153 cm³/mol. The standard InChI is InChI=1S/C28H22FN9O2S/c1-16-5-8-18(35-28(39)22-13-23(41(2)40)38(37-22)19-9-6-17(29)7-10-19)12-21(16)36-26-20(4-3-11-30-26)24-25-27(33-14-31-24)34-15-32-25/h3-15H,1-2H3,(H,30,36)(H,35,39)(H,31,32,33,34). The van der Waals surface area contributed by atoms with Crippen LogP contribution in [0.4, 0.5) is 21.6 Å². The number of carbonyl (C=O) groups is 1. The largest absolute Gasteiger partial charge is 0.341 e. The van der Waals surface area contributed by atoms with E-state index in [1.807, 2.05) is 25.1 Å². The van der Waals surface area contributed by atoms with Crippen LogP contribution in [0.25, 0.3) is 28.1 Å². The zero-order valence-electron chi connectivity index (χ0n) is 21.8. The van der Waals surface area contributed by atoms with Gasteiger partial charge in [-0.05, 0) is 61.0 Å². The monoisotopic (exact) mass is 567 g/mol. The molecule has 0 spiro atoms. The zero-order chi connectivity index (χ0) is 28.5. The molecule has 4 heterocycles. The van der Waals surface area contributed by atoms with E-state index in [-0.39, 0.29) is 5.69 Å². The van der Waals surface area contributed by atoms with Crippen LogP contribution < -0.4 is 10.6 Å². The Labute approximate surface area is 235 Å². The smallest absolute Gasteiger partial charge is 0.276 e. The number of anilines is 3. The molecule has 41 heavy (non-hydrogen) atoms. The highest BCUT2D eigenvalue weighted by Crippen LogP contribution is 2.32. The average Bonchev–Trinajstić information content (AvgIpc) is 3.64. The number of hydrogen-bond acceptors (Lipinski definition) is 8. The summed E-state index contributed by atoms with van der Waals surface area (Å²) in [6.07, 6.45) is 6.17. The minimum atomic E-state index is -1.45. The molecule has 0 bridgehead atoms. The first-order chi connectivity index (χ1) is 19.9. The number of H-pyrrole nitrogens is 1. The first-order valence-corrected chi connectivity index (χ1v) is 13.9. The molecule has 1 atom stereocenters. The molecular formula is C28H22FN9O2S. The van der Waals surface area contributed by atoms with Crippen molar-refractivity contribution in [1.29, 1.82) is 0 Å². The van der Waals surface area contributed by atoms with Crippen LogP contribution in [0.2, 0.25) is 0 Å². The van der Waals surface area contributed by atoms with Gasteiger partial charge in [0.25, 0.3) is 5.91 Å². The molecule has 204 valence electrons. The number of hydrogen-bond donors (Lipinski definition) is 3. The van der Waals surface area contributed by atoms with Gasteiger partial charge in [0.2, 0.25) is 0 Å². The fraction of sp³-hybridized carbons (Fsp3) is 0.0714. The number of aromatic amines is 1. The highest BCUT2D eigenvalue weighted by Gasteiger charge is 2.19. The maximum Gasteiger partial charge on any atom is 0.276 e. The van der Waals surface area contributed by atoms with E-state index in [0.717, 1.165) is 11.1 Å². The Morgan fingerprint density at radius 3 is 2.66 bits per heavy atom. The van der Waals surface area contributed by atoms with Crippen molar-refractivity contribution in [1.82, 2.24) is 34.7 Å². The Hall–Kier alpha value is -5.30. The highest BCUT2D eigenvalue weighted by molar-refractivity contribution is 7.84. The second-order valence-corrected chi connectivity index (χ2v) is 10.4. The molecular weight excluding hydrogens is 545 g/mol. The summed E-state index contributed by atoms with van der Waals surface area (Å²) in [5.74, 6) is -0.346. The molecule has 0 fully saturated rings. The molecule has 13 heteroatoms. The summed E-state index contributed by atoms with van der Waals surface area (Å²) in [7, 11) is -1.45. The van der Waals surface area contributed by atoms with Crippen LogP contribution in [0.15, 0.2) is 84.5 Å². The van der Waals surface area contributed by atoms with Gasteiger partial charge < -0.3 is 15.6 Å². The lowest BCUT2D eigenvalue weighted by Gasteiger charge is -2.14. The molecule has 3 N–H and O–H groups in total. The normalized spacial score (nSPS) is 11.9. The van der Waals surface area contributed by atoms with Crippen molar-refractivity contribution in [2.75, 3.05) is 16.9 Å². The van der Waals surface area contributed by atoms with Crippen molar-refractivity contribution in [2.45, 2.75) is 11.9 Å². The molecule has 6 aromatic rings. The van der Waals surface area contributed by atoms with Crippen molar-refractivity contribution in [3.8, 4) is 16.9 Å². The van der Waals surface area contributed by atoms with Gasteiger partial charge in [0.05, 0.1) is 22.8 Å². The van der Waals surface area contributed by atoms with Gasteiger partial charge in [0.1, 0.15) is 34.2 Å². The van der Waals surface area contributed by atoms with Crippen LogP contribution >= 0.6 is 0 Å². The summed E-state index contributed by atoms with van der Waals surface area (Å²) in [5, 5.41) is 10.9. The second kappa shape index (κ2) is 10.7. The van der Waals surface area contributed by atoms with Gasteiger partial charge in [0, 0.05) is 35.5 Å². The Kier molecular flexibility index (Phi) is 6.77. The lowest BCUT2D eigenvalue weighted by Crippen LogP contribution is -2.13. The number of rotatable bonds is 7. The van der Waals surface area contributed by atoms with Crippen LogP contribution in [0.3, 0.4) is 0 Å².